The van der Waals surface area contributed by atoms with Gasteiger partial charge in [-0.25, -0.2) is 0 Å². The zero-order valence-electron chi connectivity index (χ0n) is 9.03. The van der Waals surface area contributed by atoms with E-state index < -0.39 is 0 Å². The highest BCUT2D eigenvalue weighted by molar-refractivity contribution is 5.69. The van der Waals surface area contributed by atoms with E-state index in [2.05, 4.69) is 5.32 Å². The predicted molar refractivity (Wildman–Crippen MR) is 64.7 cm³/mol. The largest absolute Gasteiger partial charge is 0.397 e. The number of benzene rings is 1. The maximum atomic E-state index is 9.07. The van der Waals surface area contributed by atoms with Crippen LogP contribution < -0.4 is 16.8 Å². The summed E-state index contributed by atoms with van der Waals surface area (Å²) in [6.07, 6.45) is 1.50. The first-order chi connectivity index (χ1) is 7.09. The van der Waals surface area contributed by atoms with Crippen molar-refractivity contribution in [2.75, 3.05) is 23.3 Å². The molecule has 4 heteroatoms. The van der Waals surface area contributed by atoms with Crippen LogP contribution >= 0.6 is 0 Å². The van der Waals surface area contributed by atoms with Crippen LogP contribution in [0.15, 0.2) is 18.2 Å². The second kappa shape index (κ2) is 5.46. The van der Waals surface area contributed by atoms with Gasteiger partial charge in [-0.15, -0.1) is 0 Å². The zero-order valence-corrected chi connectivity index (χ0v) is 9.03. The van der Waals surface area contributed by atoms with E-state index in [4.69, 9.17) is 16.6 Å². The summed E-state index contributed by atoms with van der Waals surface area (Å²) in [6.45, 7) is 2.62. The zero-order chi connectivity index (χ0) is 11.3. The Balaban J connectivity index is 2.35. The average molecular weight is 209 g/mol. The van der Waals surface area contributed by atoms with Gasteiger partial charge in [0.05, 0.1) is 17.5 Å². The number of aliphatic hydroxyl groups excluding tert-OH is 1. The minimum absolute atomic E-state index is 0.233. The van der Waals surface area contributed by atoms with Gasteiger partial charge in [0.15, 0.2) is 0 Å². The molecule has 15 heavy (non-hydrogen) atoms. The van der Waals surface area contributed by atoms with Crippen LogP contribution in [0.4, 0.5) is 17.1 Å². The van der Waals surface area contributed by atoms with E-state index in [9.17, 15) is 0 Å². The topological polar surface area (TPSA) is 84.3 Å². The maximum absolute atomic E-state index is 9.07. The first-order valence-electron chi connectivity index (χ1n) is 5.16. The van der Waals surface area contributed by atoms with Crippen LogP contribution in [0.1, 0.15) is 19.8 Å². The van der Waals surface area contributed by atoms with Crippen LogP contribution in [0.3, 0.4) is 0 Å². The van der Waals surface area contributed by atoms with Crippen molar-refractivity contribution in [2.24, 2.45) is 0 Å². The lowest BCUT2D eigenvalue weighted by molar-refractivity contribution is 0.183. The summed E-state index contributed by atoms with van der Waals surface area (Å²) in [5, 5.41) is 12.3. The third kappa shape index (κ3) is 4.08. The Morgan fingerprint density at radius 3 is 2.67 bits per heavy atom. The van der Waals surface area contributed by atoms with Gasteiger partial charge in [0.1, 0.15) is 0 Å². The molecule has 0 aliphatic carbocycles. The maximum Gasteiger partial charge on any atom is 0.0568 e. The fourth-order valence-electron chi connectivity index (χ4n) is 1.31. The molecule has 0 aliphatic heterocycles. The van der Waals surface area contributed by atoms with Crippen LogP contribution in [0.2, 0.25) is 0 Å². The lowest BCUT2D eigenvalue weighted by Gasteiger charge is -2.09. The first-order valence-corrected chi connectivity index (χ1v) is 5.16. The van der Waals surface area contributed by atoms with Crippen LogP contribution in [-0.4, -0.2) is 17.8 Å². The van der Waals surface area contributed by atoms with Crippen LogP contribution in [0.5, 0.6) is 0 Å². The molecule has 1 unspecified atom stereocenters. The molecule has 0 radical (unpaired) electrons. The molecule has 6 N–H and O–H groups in total. The van der Waals surface area contributed by atoms with Crippen molar-refractivity contribution >= 4 is 17.1 Å². The molecule has 1 atom stereocenters. The SMILES string of the molecule is CC(O)CCCNc1ccc(N)c(N)c1. The molecule has 0 fully saturated rings. The molecule has 0 aromatic heterocycles. The quantitative estimate of drug-likeness (QED) is 0.436. The molecular weight excluding hydrogens is 190 g/mol. The normalized spacial score (nSPS) is 12.4. The second-order valence-electron chi connectivity index (χ2n) is 3.76. The molecule has 0 aliphatic rings. The number of hydrogen-bond acceptors (Lipinski definition) is 4. The Labute approximate surface area is 90.3 Å². The monoisotopic (exact) mass is 209 g/mol. The van der Waals surface area contributed by atoms with Crippen molar-refractivity contribution < 1.29 is 5.11 Å². The highest BCUT2D eigenvalue weighted by atomic mass is 16.3. The molecule has 0 amide bonds. The summed E-state index contributed by atoms with van der Waals surface area (Å²) in [5.74, 6) is 0. The van der Waals surface area contributed by atoms with Gasteiger partial charge in [-0.3, -0.25) is 0 Å². The lowest BCUT2D eigenvalue weighted by Crippen LogP contribution is -2.07. The third-order valence-electron chi connectivity index (χ3n) is 2.21. The Morgan fingerprint density at radius 2 is 2.07 bits per heavy atom. The first kappa shape index (κ1) is 11.7. The Hall–Kier alpha value is -1.42. The minimum Gasteiger partial charge on any atom is -0.397 e. The van der Waals surface area contributed by atoms with Crippen LogP contribution in [-0.2, 0) is 0 Å². The van der Waals surface area contributed by atoms with Gasteiger partial charge in [0.2, 0.25) is 0 Å². The molecule has 4 nitrogen and oxygen atoms in total. The van der Waals surface area contributed by atoms with Crippen molar-refractivity contribution in [3.63, 3.8) is 0 Å². The smallest absolute Gasteiger partial charge is 0.0568 e. The van der Waals surface area contributed by atoms with E-state index in [1.165, 1.54) is 0 Å². The number of nitrogen functional groups attached to an aromatic ring is 2. The Kier molecular flexibility index (Phi) is 4.24. The molecule has 84 valence electrons. The molecule has 1 rings (SSSR count). The van der Waals surface area contributed by atoms with E-state index in [1.807, 2.05) is 12.1 Å². The van der Waals surface area contributed by atoms with Gasteiger partial charge < -0.3 is 21.9 Å². The van der Waals surface area contributed by atoms with Gasteiger partial charge >= 0.3 is 0 Å². The van der Waals surface area contributed by atoms with Gasteiger partial charge in [-0.2, -0.15) is 0 Å². The molecule has 0 saturated heterocycles. The van der Waals surface area contributed by atoms with Crippen molar-refractivity contribution in [1.29, 1.82) is 0 Å². The number of rotatable bonds is 5. The van der Waals surface area contributed by atoms with Crippen molar-refractivity contribution in [3.05, 3.63) is 18.2 Å². The molecule has 0 heterocycles. The summed E-state index contributed by atoms with van der Waals surface area (Å²) in [6, 6.07) is 5.50. The highest BCUT2D eigenvalue weighted by Crippen LogP contribution is 2.19. The summed E-state index contributed by atoms with van der Waals surface area (Å²) in [4.78, 5) is 0. The molecular formula is C11H19N3O. The summed E-state index contributed by atoms with van der Waals surface area (Å²) < 4.78 is 0. The highest BCUT2D eigenvalue weighted by Gasteiger charge is 1.98. The van der Waals surface area contributed by atoms with Crippen LogP contribution in [0, 0.1) is 0 Å². The second-order valence-corrected chi connectivity index (χ2v) is 3.76. The van der Waals surface area contributed by atoms with Crippen molar-refractivity contribution in [1.82, 2.24) is 0 Å². The third-order valence-corrected chi connectivity index (χ3v) is 2.21. The van der Waals surface area contributed by atoms with E-state index >= 15 is 0 Å². The fourth-order valence-corrected chi connectivity index (χ4v) is 1.31. The molecule has 0 bridgehead atoms. The number of aliphatic hydroxyl groups is 1. The number of hydrogen-bond donors (Lipinski definition) is 4. The van der Waals surface area contributed by atoms with Crippen LogP contribution in [0.25, 0.3) is 0 Å². The van der Waals surface area contributed by atoms with E-state index in [-0.39, 0.29) is 6.10 Å². The van der Waals surface area contributed by atoms with Gasteiger partial charge in [0, 0.05) is 12.2 Å². The predicted octanol–water partition coefficient (Wildman–Crippen LogP) is 1.42. The molecule has 1 aromatic rings. The van der Waals surface area contributed by atoms with Gasteiger partial charge in [-0.1, -0.05) is 0 Å². The standard InChI is InChI=1S/C11H19N3O/c1-8(15)3-2-6-14-9-4-5-10(12)11(13)7-9/h4-5,7-8,14-15H,2-3,6,12-13H2,1H3. The minimum atomic E-state index is -0.233. The van der Waals surface area contributed by atoms with E-state index in [0.29, 0.717) is 11.4 Å². The van der Waals surface area contributed by atoms with Crippen molar-refractivity contribution in [2.45, 2.75) is 25.9 Å². The average Bonchev–Trinajstić information content (AvgIpc) is 2.18. The summed E-state index contributed by atoms with van der Waals surface area (Å²) >= 11 is 0. The summed E-state index contributed by atoms with van der Waals surface area (Å²) in [7, 11) is 0. The van der Waals surface area contributed by atoms with Gasteiger partial charge in [0.25, 0.3) is 0 Å². The molecule has 0 spiro atoms. The van der Waals surface area contributed by atoms with E-state index in [0.717, 1.165) is 25.1 Å². The number of nitrogens with two attached hydrogens (primary N) is 2. The number of nitrogens with one attached hydrogen (secondary N) is 1. The number of anilines is 3. The lowest BCUT2D eigenvalue weighted by atomic mass is 10.2. The Bertz CT molecular complexity index is 313. The molecule has 0 saturated carbocycles. The van der Waals surface area contributed by atoms with Gasteiger partial charge in [-0.05, 0) is 38.0 Å². The van der Waals surface area contributed by atoms with Crippen molar-refractivity contribution in [3.8, 4) is 0 Å². The Morgan fingerprint density at radius 1 is 1.33 bits per heavy atom. The van der Waals surface area contributed by atoms with E-state index in [1.54, 1.807) is 13.0 Å². The summed E-state index contributed by atoms with van der Waals surface area (Å²) in [5.41, 5.74) is 13.4. The molecule has 1 aromatic carbocycles. The fraction of sp³-hybridized carbons (Fsp3) is 0.455.